The number of fused-ring (bicyclic) bond motifs is 1. The van der Waals surface area contributed by atoms with E-state index < -0.39 is 0 Å². The lowest BCUT2D eigenvalue weighted by Gasteiger charge is -2.14. The van der Waals surface area contributed by atoms with E-state index in [2.05, 4.69) is 21.3 Å². The largest absolute Gasteiger partial charge is 0.481 e. The van der Waals surface area contributed by atoms with Crippen LogP contribution in [0.1, 0.15) is 30.7 Å². The summed E-state index contributed by atoms with van der Waals surface area (Å²) >= 11 is 6.97. The Kier molecular flexibility index (Phi) is 8.65. The van der Waals surface area contributed by atoms with Gasteiger partial charge in [-0.2, -0.15) is 5.10 Å². The molecule has 6 rings (SSSR count). The van der Waals surface area contributed by atoms with Gasteiger partial charge in [-0.15, -0.1) is 0 Å². The molecular weight excluding hydrogens is 584 g/mol. The van der Waals surface area contributed by atoms with Crippen LogP contribution < -0.4 is 31.6 Å². The van der Waals surface area contributed by atoms with Crippen LogP contribution >= 0.6 is 11.6 Å². The van der Waals surface area contributed by atoms with Gasteiger partial charge in [0, 0.05) is 80.6 Å². The molecule has 3 aromatic heterocycles. The van der Waals surface area contributed by atoms with Gasteiger partial charge in [-0.3, -0.25) is 19.0 Å². The lowest BCUT2D eigenvalue weighted by atomic mass is 10.0. The third-order valence-corrected chi connectivity index (χ3v) is 8.63. The zero-order valence-electron chi connectivity index (χ0n) is 24.7. The molecule has 2 atom stereocenters. The van der Waals surface area contributed by atoms with Gasteiger partial charge < -0.3 is 26.0 Å². The van der Waals surface area contributed by atoms with E-state index >= 15 is 0 Å². The molecule has 13 heteroatoms. The number of pyridine rings is 1. The minimum absolute atomic E-state index is 0.0683. The normalized spacial score (nSPS) is 18.2. The van der Waals surface area contributed by atoms with Crippen LogP contribution in [0.3, 0.4) is 0 Å². The molecule has 230 valence electrons. The molecule has 44 heavy (non-hydrogen) atoms. The number of ether oxygens (including phenoxy) is 1. The fourth-order valence-electron chi connectivity index (χ4n) is 5.77. The van der Waals surface area contributed by atoms with Crippen molar-refractivity contribution in [3.8, 4) is 28.3 Å². The van der Waals surface area contributed by atoms with Crippen molar-refractivity contribution in [1.29, 1.82) is 0 Å². The number of methoxy groups -OCH3 is 1. The first-order valence-corrected chi connectivity index (χ1v) is 15.1. The summed E-state index contributed by atoms with van der Waals surface area (Å²) in [5.41, 5.74) is 4.06. The monoisotopic (exact) mass is 618 g/mol. The predicted octanol–water partition coefficient (Wildman–Crippen LogP) is 2.02. The van der Waals surface area contributed by atoms with Crippen molar-refractivity contribution in [1.82, 2.24) is 40.4 Å². The Morgan fingerprint density at radius 2 is 1.89 bits per heavy atom. The number of rotatable bonds is 11. The number of hydrogen-bond acceptors (Lipinski definition) is 8. The van der Waals surface area contributed by atoms with Crippen molar-refractivity contribution in [2.75, 3.05) is 26.7 Å². The number of benzene rings is 1. The number of nitrogens with zero attached hydrogens (tertiary/aromatic N) is 4. The first-order chi connectivity index (χ1) is 21.3. The Labute approximate surface area is 259 Å². The van der Waals surface area contributed by atoms with Gasteiger partial charge >= 0.3 is 0 Å². The lowest BCUT2D eigenvalue weighted by molar-refractivity contribution is -0.120. The maximum absolute atomic E-state index is 13.2. The number of hydrogen-bond donors (Lipinski definition) is 4. The van der Waals surface area contributed by atoms with Crippen molar-refractivity contribution in [3.63, 3.8) is 0 Å². The summed E-state index contributed by atoms with van der Waals surface area (Å²) in [6, 6.07) is 11.5. The fourth-order valence-corrected chi connectivity index (χ4v) is 6.10. The molecule has 2 aliphatic rings. The first kappa shape index (κ1) is 29.8. The maximum atomic E-state index is 13.2. The fraction of sp³-hybridized carbons (Fsp3) is 0.387. The van der Waals surface area contributed by atoms with Crippen LogP contribution in [-0.4, -0.2) is 63.8 Å². The highest BCUT2D eigenvalue weighted by Gasteiger charge is 2.22. The van der Waals surface area contributed by atoms with Gasteiger partial charge in [0.1, 0.15) is 11.3 Å². The number of carbonyl (C=O) groups excluding carboxylic acids is 2. The van der Waals surface area contributed by atoms with Crippen LogP contribution in [0.2, 0.25) is 5.02 Å². The van der Waals surface area contributed by atoms with Crippen molar-refractivity contribution < 1.29 is 14.3 Å². The molecule has 0 saturated carbocycles. The first-order valence-electron chi connectivity index (χ1n) is 14.7. The quantitative estimate of drug-likeness (QED) is 0.200. The molecule has 2 fully saturated rings. The van der Waals surface area contributed by atoms with Gasteiger partial charge in [-0.1, -0.05) is 35.9 Å². The van der Waals surface area contributed by atoms with Crippen LogP contribution in [-0.2, 0) is 29.7 Å². The van der Waals surface area contributed by atoms with E-state index in [1.165, 1.54) is 0 Å². The second-order valence-electron chi connectivity index (χ2n) is 11.3. The smallest absolute Gasteiger partial charge is 0.277 e. The second-order valence-corrected chi connectivity index (χ2v) is 11.7. The highest BCUT2D eigenvalue weighted by Crippen LogP contribution is 2.37. The Morgan fingerprint density at radius 1 is 1.07 bits per heavy atom. The molecule has 4 N–H and O–H groups in total. The SMILES string of the molecule is COc1nc(-c2cccc(-c3cc4c(=O)n(C)c(CNC[C@H]5CNC(=O)C5)nn4c3)c2Cl)ccc1CNC[C@@H]1CCC(=O)N1. The third-order valence-electron chi connectivity index (χ3n) is 8.22. The van der Waals surface area contributed by atoms with E-state index in [-0.39, 0.29) is 29.3 Å². The van der Waals surface area contributed by atoms with E-state index in [1.807, 2.05) is 30.3 Å². The molecule has 1 aromatic carbocycles. The van der Waals surface area contributed by atoms with E-state index in [0.29, 0.717) is 73.5 Å². The number of halogens is 1. The van der Waals surface area contributed by atoms with Gasteiger partial charge in [-0.05, 0) is 24.5 Å². The Hall–Kier alpha value is -4.26. The predicted molar refractivity (Wildman–Crippen MR) is 166 cm³/mol. The standard InChI is InChI=1S/C31H35ClN8O4/c1-39-26(16-33-12-18-10-28(42)35-13-18)38-40-17-20(11-25(40)31(39)43)22-4-3-5-23(29(22)32)24-8-6-19(30(37-24)44-2)14-34-15-21-7-9-27(41)36-21/h3-6,8,11,17-18,21,33-34H,7,9-10,12-16H2,1-2H3,(H,35,42)(H,36,41)/t18-,21-/m0/s1. The summed E-state index contributed by atoms with van der Waals surface area (Å²) in [5.74, 6) is 1.47. The van der Waals surface area contributed by atoms with Crippen molar-refractivity contribution >= 4 is 28.9 Å². The molecule has 2 amide bonds. The van der Waals surface area contributed by atoms with E-state index in [4.69, 9.17) is 26.4 Å². The molecular formula is C31H35ClN8O4. The minimum Gasteiger partial charge on any atom is -0.481 e. The zero-order chi connectivity index (χ0) is 30.8. The van der Waals surface area contributed by atoms with Gasteiger partial charge in [-0.25, -0.2) is 9.50 Å². The highest BCUT2D eigenvalue weighted by atomic mass is 35.5. The van der Waals surface area contributed by atoms with Crippen LogP contribution in [0.5, 0.6) is 5.88 Å². The van der Waals surface area contributed by atoms with Crippen LogP contribution in [0.4, 0.5) is 0 Å². The zero-order valence-corrected chi connectivity index (χ0v) is 25.4. The molecule has 12 nitrogen and oxygen atoms in total. The molecule has 0 bridgehead atoms. The maximum Gasteiger partial charge on any atom is 0.277 e. The minimum atomic E-state index is -0.168. The summed E-state index contributed by atoms with van der Waals surface area (Å²) in [6.45, 7) is 2.93. The molecule has 0 aliphatic carbocycles. The Bertz CT molecular complexity index is 1780. The highest BCUT2D eigenvalue weighted by molar-refractivity contribution is 6.36. The molecule has 4 aromatic rings. The summed E-state index contributed by atoms with van der Waals surface area (Å²) in [7, 11) is 3.29. The average molecular weight is 619 g/mol. The molecule has 2 aliphatic heterocycles. The van der Waals surface area contributed by atoms with E-state index in [0.717, 1.165) is 28.7 Å². The van der Waals surface area contributed by atoms with Crippen molar-refractivity contribution in [2.24, 2.45) is 13.0 Å². The molecule has 0 spiro atoms. The molecule has 0 radical (unpaired) electrons. The van der Waals surface area contributed by atoms with Crippen molar-refractivity contribution in [3.05, 3.63) is 69.4 Å². The van der Waals surface area contributed by atoms with Gasteiger partial charge in [0.05, 0.1) is 24.4 Å². The summed E-state index contributed by atoms with van der Waals surface area (Å²) in [5, 5.41) is 17.7. The third kappa shape index (κ3) is 6.19. The second kappa shape index (κ2) is 12.8. The van der Waals surface area contributed by atoms with Crippen molar-refractivity contribution in [2.45, 2.75) is 38.4 Å². The molecule has 2 saturated heterocycles. The lowest BCUT2D eigenvalue weighted by Crippen LogP contribution is -2.35. The number of carbonyl (C=O) groups is 2. The number of amides is 2. The Balaban J connectivity index is 1.21. The summed E-state index contributed by atoms with van der Waals surface area (Å²) in [4.78, 5) is 40.9. The van der Waals surface area contributed by atoms with Gasteiger partial charge in [0.15, 0.2) is 0 Å². The number of aromatic nitrogens is 4. The van der Waals surface area contributed by atoms with Gasteiger partial charge in [0.2, 0.25) is 17.7 Å². The average Bonchev–Trinajstić information content (AvgIpc) is 3.75. The topological polar surface area (TPSA) is 144 Å². The van der Waals surface area contributed by atoms with E-state index in [1.54, 1.807) is 35.5 Å². The van der Waals surface area contributed by atoms with Crippen LogP contribution in [0, 0.1) is 5.92 Å². The summed E-state index contributed by atoms with van der Waals surface area (Å²) in [6.07, 6.45) is 3.71. The van der Waals surface area contributed by atoms with Crippen LogP contribution in [0.25, 0.3) is 27.9 Å². The molecule has 5 heterocycles. The Morgan fingerprint density at radius 3 is 2.64 bits per heavy atom. The van der Waals surface area contributed by atoms with Crippen LogP contribution in [0.15, 0.2) is 47.4 Å². The summed E-state index contributed by atoms with van der Waals surface area (Å²) < 4.78 is 8.74. The molecule has 0 unspecified atom stereocenters. The van der Waals surface area contributed by atoms with E-state index in [9.17, 15) is 14.4 Å². The number of nitrogens with one attached hydrogen (secondary N) is 4. The van der Waals surface area contributed by atoms with Gasteiger partial charge in [0.25, 0.3) is 5.56 Å².